The van der Waals surface area contributed by atoms with Gasteiger partial charge in [0.25, 0.3) is 0 Å². The summed E-state index contributed by atoms with van der Waals surface area (Å²) in [6, 6.07) is 0. The predicted molar refractivity (Wildman–Crippen MR) is 31.9 cm³/mol. The molecule has 0 aliphatic heterocycles. The minimum absolute atomic E-state index is 0.848. The molecule has 6 heavy (non-hydrogen) atoms. The molecule has 0 aromatic rings. The van der Waals surface area contributed by atoms with Crippen LogP contribution in [0.25, 0.3) is 0 Å². The van der Waals surface area contributed by atoms with E-state index >= 15 is 0 Å². The number of alkyl halides is 1. The van der Waals surface area contributed by atoms with Crippen LogP contribution in [0, 0.1) is 0 Å². The van der Waals surface area contributed by atoms with E-state index in [9.17, 15) is 0 Å². The third-order valence-electron chi connectivity index (χ3n) is 0.588. The molecule has 0 N–H and O–H groups in total. The van der Waals surface area contributed by atoms with Crippen molar-refractivity contribution >= 4 is 34.1 Å². The van der Waals surface area contributed by atoms with Crippen LogP contribution in [-0.2, 0) is 0 Å². The molecule has 36 valence electrons. The monoisotopic (exact) mass is 212 g/mol. The predicted octanol–water partition coefficient (Wildman–Crippen LogP) is 1.32. The Hall–Kier alpha value is 1.09. The molecule has 0 heterocycles. The molecule has 2 heteroatoms. The van der Waals surface area contributed by atoms with Crippen LogP contribution in [0.2, 0.25) is 4.44 Å². The molecule has 0 rings (SSSR count). The number of halogens is 1. The average Bonchev–Trinajstić information content (AvgIpc) is 1.61. The van der Waals surface area contributed by atoms with Gasteiger partial charge in [0.2, 0.25) is 0 Å². The maximum absolute atomic E-state index is 5.39. The van der Waals surface area contributed by atoms with Crippen LogP contribution in [0.1, 0.15) is 12.8 Å². The van der Waals surface area contributed by atoms with Crippen molar-refractivity contribution in [2.24, 2.45) is 0 Å². The Labute approximate surface area is 57.3 Å². The zero-order valence-electron chi connectivity index (χ0n) is 3.78. The first-order valence-corrected chi connectivity index (χ1v) is 5.04. The number of hydrogen-bond acceptors (Lipinski definition) is 0. The van der Waals surface area contributed by atoms with Gasteiger partial charge in [0.15, 0.2) is 0 Å². The van der Waals surface area contributed by atoms with E-state index in [1.54, 1.807) is 0 Å². The maximum atomic E-state index is 5.39. The zero-order valence-corrected chi connectivity index (χ0v) is 7.84. The molecule has 0 fully saturated rings. The third kappa shape index (κ3) is 5.09. The fourth-order valence-electron chi connectivity index (χ4n) is 0.239. The summed E-state index contributed by atoms with van der Waals surface area (Å²) in [6.07, 6.45) is 2.55. The molecule has 0 spiro atoms. The van der Waals surface area contributed by atoms with Gasteiger partial charge in [-0.1, -0.05) is 0 Å². The van der Waals surface area contributed by atoms with E-state index in [1.807, 2.05) is 0 Å². The molecule has 0 amide bonds. The number of rotatable bonds is 3. The molecule has 0 unspecified atom stereocenters. The fraction of sp³-hybridized carbons (Fsp3) is 1.00. The standard InChI is InChI=1S/C4H8Cl.Sn.H/c1-2-3-4-5;;/h1-4H2;;. The minimum atomic E-state index is 0.848. The van der Waals surface area contributed by atoms with E-state index in [4.69, 9.17) is 11.6 Å². The average molecular weight is 211 g/mol. The van der Waals surface area contributed by atoms with Gasteiger partial charge in [0.1, 0.15) is 0 Å². The van der Waals surface area contributed by atoms with Crippen molar-refractivity contribution in [2.45, 2.75) is 17.3 Å². The normalized spacial score (nSPS) is 9.00. The van der Waals surface area contributed by atoms with Gasteiger partial charge in [-0.3, -0.25) is 0 Å². The molecule has 0 aromatic heterocycles. The van der Waals surface area contributed by atoms with Gasteiger partial charge in [-0.2, -0.15) is 0 Å². The molecule has 0 bridgehead atoms. The zero-order chi connectivity index (χ0) is 4.83. The molecular weight excluding hydrogens is 202 g/mol. The second-order valence-corrected chi connectivity index (χ2v) is 3.21. The molecule has 0 aliphatic carbocycles. The van der Waals surface area contributed by atoms with Gasteiger partial charge in [-0.15, -0.1) is 0 Å². The van der Waals surface area contributed by atoms with Gasteiger partial charge in [0.05, 0.1) is 0 Å². The van der Waals surface area contributed by atoms with Crippen molar-refractivity contribution in [1.82, 2.24) is 0 Å². The van der Waals surface area contributed by atoms with Crippen LogP contribution in [0.5, 0.6) is 0 Å². The van der Waals surface area contributed by atoms with Gasteiger partial charge in [-0.25, -0.2) is 0 Å². The molecule has 0 aliphatic rings. The number of unbranched alkanes of at least 4 members (excludes halogenated alkanes) is 1. The number of hydrogen-bond donors (Lipinski definition) is 0. The third-order valence-corrected chi connectivity index (χ3v) is 2.02. The molecular formula is C4H9ClSn. The summed E-state index contributed by atoms with van der Waals surface area (Å²) in [7, 11) is 0. The summed E-state index contributed by atoms with van der Waals surface area (Å²) >= 11 is 6.79. The second kappa shape index (κ2) is 6.09. The van der Waals surface area contributed by atoms with Crippen molar-refractivity contribution in [1.29, 1.82) is 0 Å². The van der Waals surface area contributed by atoms with Gasteiger partial charge in [-0.05, 0) is 0 Å². The van der Waals surface area contributed by atoms with Crippen LogP contribution < -0.4 is 0 Å². The second-order valence-electron chi connectivity index (χ2n) is 1.18. The summed E-state index contributed by atoms with van der Waals surface area (Å²) in [6.45, 7) is 0. The summed E-state index contributed by atoms with van der Waals surface area (Å²) < 4.78 is 1.40. The van der Waals surface area contributed by atoms with Crippen LogP contribution in [-0.4, -0.2) is 28.4 Å². The molecule has 0 saturated carbocycles. The Bertz CT molecular complexity index is 19.5. The van der Waals surface area contributed by atoms with E-state index in [2.05, 4.69) is 0 Å². The van der Waals surface area contributed by atoms with Crippen molar-refractivity contribution < 1.29 is 0 Å². The first-order chi connectivity index (χ1) is 2.91. The summed E-state index contributed by atoms with van der Waals surface area (Å²) in [5, 5.41) is 0. The summed E-state index contributed by atoms with van der Waals surface area (Å²) in [4.78, 5) is 0. The molecule has 0 nitrogen and oxygen atoms in total. The van der Waals surface area contributed by atoms with Crippen LogP contribution in [0.3, 0.4) is 0 Å². The first kappa shape index (κ1) is 7.09. The van der Waals surface area contributed by atoms with Gasteiger partial charge >= 0.3 is 57.3 Å². The molecule has 2 radical (unpaired) electrons. The Morgan fingerprint density at radius 1 is 1.33 bits per heavy atom. The molecule has 0 aromatic carbocycles. The van der Waals surface area contributed by atoms with Crippen LogP contribution >= 0.6 is 11.6 Å². The van der Waals surface area contributed by atoms with Crippen LogP contribution in [0.4, 0.5) is 0 Å². The first-order valence-electron chi connectivity index (χ1n) is 2.18. The van der Waals surface area contributed by atoms with E-state index in [0.717, 1.165) is 5.88 Å². The van der Waals surface area contributed by atoms with E-state index in [0.29, 0.717) is 0 Å². The van der Waals surface area contributed by atoms with Crippen molar-refractivity contribution in [3.05, 3.63) is 0 Å². The molecule has 0 atom stereocenters. The topological polar surface area (TPSA) is 0 Å². The Morgan fingerprint density at radius 3 is 2.17 bits per heavy atom. The Morgan fingerprint density at radius 2 is 2.00 bits per heavy atom. The summed E-state index contributed by atoms with van der Waals surface area (Å²) in [5.74, 6) is 0.848. The quantitative estimate of drug-likeness (QED) is 0.375. The van der Waals surface area contributed by atoms with E-state index in [-0.39, 0.29) is 0 Å². The van der Waals surface area contributed by atoms with Crippen molar-refractivity contribution in [3.8, 4) is 0 Å². The van der Waals surface area contributed by atoms with E-state index < -0.39 is 0 Å². The molecule has 0 saturated heterocycles. The van der Waals surface area contributed by atoms with Crippen molar-refractivity contribution in [2.75, 3.05) is 5.88 Å². The van der Waals surface area contributed by atoms with Crippen molar-refractivity contribution in [3.63, 3.8) is 0 Å². The summed E-state index contributed by atoms with van der Waals surface area (Å²) in [5.41, 5.74) is 0. The van der Waals surface area contributed by atoms with Crippen LogP contribution in [0.15, 0.2) is 0 Å². The Balaban J connectivity index is 2.34. The fourth-order valence-corrected chi connectivity index (χ4v) is 1.25. The Kier molecular flexibility index (Phi) is 7.19. The SMILES string of the molecule is ClCCC[CH2][SnH]. The van der Waals surface area contributed by atoms with Gasteiger partial charge < -0.3 is 0 Å². The van der Waals surface area contributed by atoms with Gasteiger partial charge in [0, 0.05) is 0 Å². The van der Waals surface area contributed by atoms with E-state index in [1.165, 1.54) is 39.8 Å².